The van der Waals surface area contributed by atoms with Crippen LogP contribution >= 0.6 is 0 Å². The summed E-state index contributed by atoms with van der Waals surface area (Å²) in [6, 6.07) is 10.8. The molecule has 0 spiro atoms. The lowest BCUT2D eigenvalue weighted by Gasteiger charge is -2.05. The number of nitrogens with zero attached hydrogens (tertiary/aromatic N) is 1. The number of nitrogens with one attached hydrogen (secondary N) is 1. The van der Waals surface area contributed by atoms with Gasteiger partial charge in [-0.3, -0.25) is 0 Å². The van der Waals surface area contributed by atoms with Crippen LogP contribution in [-0.4, -0.2) is 17.6 Å². The number of pyridine rings is 1. The van der Waals surface area contributed by atoms with Gasteiger partial charge in [0.25, 0.3) is 0 Å². The Balaban J connectivity index is 1.69. The molecule has 118 valence electrons. The summed E-state index contributed by atoms with van der Waals surface area (Å²) in [5.74, 6) is 5.29. The van der Waals surface area contributed by atoms with Gasteiger partial charge in [0.2, 0.25) is 5.95 Å². The van der Waals surface area contributed by atoms with Crippen molar-refractivity contribution in [1.29, 1.82) is 0 Å². The Morgan fingerprint density at radius 3 is 2.87 bits per heavy atom. The van der Waals surface area contributed by atoms with E-state index >= 15 is 0 Å². The zero-order chi connectivity index (χ0) is 16.5. The van der Waals surface area contributed by atoms with Crippen molar-refractivity contribution < 1.29 is 13.9 Å². The zero-order valence-electron chi connectivity index (χ0n) is 12.8. The first kappa shape index (κ1) is 16.5. The Labute approximate surface area is 134 Å². The molecule has 0 atom stereocenters. The Morgan fingerprint density at radius 2 is 2.13 bits per heavy atom. The highest BCUT2D eigenvalue weighted by Crippen LogP contribution is 2.05. The summed E-state index contributed by atoms with van der Waals surface area (Å²) in [5, 5.41) is 2.62. The maximum atomic E-state index is 12.9. The Kier molecular flexibility index (Phi) is 6.13. The molecular formula is C18H17FN2O2. The predicted molar refractivity (Wildman–Crippen MR) is 85.1 cm³/mol. The van der Waals surface area contributed by atoms with Crippen LogP contribution in [-0.2, 0) is 11.3 Å². The third-order valence-corrected chi connectivity index (χ3v) is 3.03. The first-order valence-electron chi connectivity index (χ1n) is 7.21. The van der Waals surface area contributed by atoms with Crippen LogP contribution in [0.1, 0.15) is 23.1 Å². The first-order valence-corrected chi connectivity index (χ1v) is 7.21. The first-order chi connectivity index (χ1) is 11.1. The van der Waals surface area contributed by atoms with Crippen LogP contribution in [0, 0.1) is 24.7 Å². The van der Waals surface area contributed by atoms with Crippen LogP contribution in [0.5, 0.6) is 0 Å². The van der Waals surface area contributed by atoms with Gasteiger partial charge in [0.05, 0.1) is 0 Å². The van der Waals surface area contributed by atoms with Gasteiger partial charge in [0, 0.05) is 24.7 Å². The zero-order valence-corrected chi connectivity index (χ0v) is 12.8. The standard InChI is InChI=1S/C18H17FN2O2/c1-14-11-17(19)21-12-16(14)9-5-6-10-20-18(22)23-13-15-7-3-2-4-8-15/h2-4,7-8,11-12H,6,10,13H2,1H3,(H,20,22). The van der Waals surface area contributed by atoms with Gasteiger partial charge in [0.1, 0.15) is 6.61 Å². The van der Waals surface area contributed by atoms with Crippen LogP contribution in [0.15, 0.2) is 42.6 Å². The van der Waals surface area contributed by atoms with E-state index in [1.54, 1.807) is 6.92 Å². The number of carbonyl (C=O) groups excluding carboxylic acids is 1. The molecule has 1 N–H and O–H groups in total. The summed E-state index contributed by atoms with van der Waals surface area (Å²) in [6.07, 6.45) is 1.39. The summed E-state index contributed by atoms with van der Waals surface area (Å²) in [6.45, 7) is 2.39. The second-order valence-electron chi connectivity index (χ2n) is 4.86. The maximum absolute atomic E-state index is 12.9. The van der Waals surface area contributed by atoms with E-state index in [0.29, 0.717) is 18.5 Å². The molecule has 0 saturated carbocycles. The molecule has 0 saturated heterocycles. The third-order valence-electron chi connectivity index (χ3n) is 3.03. The molecule has 1 aromatic heterocycles. The molecule has 0 bridgehead atoms. The molecule has 0 fully saturated rings. The van der Waals surface area contributed by atoms with Crippen molar-refractivity contribution in [1.82, 2.24) is 10.3 Å². The van der Waals surface area contributed by atoms with Crippen LogP contribution in [0.2, 0.25) is 0 Å². The molecular weight excluding hydrogens is 295 g/mol. The largest absolute Gasteiger partial charge is 0.445 e. The lowest BCUT2D eigenvalue weighted by molar-refractivity contribution is 0.140. The monoisotopic (exact) mass is 312 g/mol. The molecule has 2 rings (SSSR count). The number of benzene rings is 1. The number of rotatable bonds is 4. The normalized spacial score (nSPS) is 9.65. The van der Waals surface area contributed by atoms with Crippen molar-refractivity contribution in [2.75, 3.05) is 6.54 Å². The second kappa shape index (κ2) is 8.54. The lowest BCUT2D eigenvalue weighted by atomic mass is 10.1. The van der Waals surface area contributed by atoms with Gasteiger partial charge in [-0.1, -0.05) is 42.2 Å². The summed E-state index contributed by atoms with van der Waals surface area (Å²) < 4.78 is 17.9. The lowest BCUT2D eigenvalue weighted by Crippen LogP contribution is -2.24. The second-order valence-corrected chi connectivity index (χ2v) is 4.86. The van der Waals surface area contributed by atoms with E-state index in [0.717, 1.165) is 11.1 Å². The summed E-state index contributed by atoms with van der Waals surface area (Å²) in [5.41, 5.74) is 2.35. The number of halogens is 1. The van der Waals surface area contributed by atoms with Crippen molar-refractivity contribution >= 4 is 6.09 Å². The van der Waals surface area contributed by atoms with E-state index in [1.165, 1.54) is 12.3 Å². The molecule has 23 heavy (non-hydrogen) atoms. The summed E-state index contributed by atoms with van der Waals surface area (Å²) >= 11 is 0. The molecule has 0 radical (unpaired) electrons. The molecule has 0 unspecified atom stereocenters. The van der Waals surface area contributed by atoms with E-state index < -0.39 is 12.0 Å². The molecule has 1 heterocycles. The van der Waals surface area contributed by atoms with Crippen LogP contribution in [0.25, 0.3) is 0 Å². The highest BCUT2D eigenvalue weighted by Gasteiger charge is 2.01. The molecule has 2 aromatic rings. The van der Waals surface area contributed by atoms with E-state index in [1.807, 2.05) is 30.3 Å². The van der Waals surface area contributed by atoms with Crippen molar-refractivity contribution in [2.24, 2.45) is 0 Å². The average molecular weight is 312 g/mol. The van der Waals surface area contributed by atoms with Crippen molar-refractivity contribution in [3.8, 4) is 11.8 Å². The molecule has 0 aliphatic rings. The van der Waals surface area contributed by atoms with Crippen LogP contribution < -0.4 is 5.32 Å². The average Bonchev–Trinajstić information content (AvgIpc) is 2.55. The molecule has 1 amide bonds. The molecule has 5 heteroatoms. The molecule has 0 aliphatic carbocycles. The Morgan fingerprint density at radius 1 is 1.35 bits per heavy atom. The molecule has 4 nitrogen and oxygen atoms in total. The van der Waals surface area contributed by atoms with Gasteiger partial charge in [-0.05, 0) is 24.1 Å². The fourth-order valence-electron chi connectivity index (χ4n) is 1.81. The third kappa shape index (κ3) is 5.79. The highest BCUT2D eigenvalue weighted by molar-refractivity contribution is 5.67. The number of amides is 1. The quantitative estimate of drug-likeness (QED) is 0.536. The summed E-state index contributed by atoms with van der Waals surface area (Å²) in [7, 11) is 0. The van der Waals surface area contributed by atoms with Gasteiger partial charge in [0.15, 0.2) is 0 Å². The number of ether oxygens (including phenoxy) is 1. The van der Waals surface area contributed by atoms with Gasteiger partial charge in [-0.2, -0.15) is 4.39 Å². The highest BCUT2D eigenvalue weighted by atomic mass is 19.1. The fourth-order valence-corrected chi connectivity index (χ4v) is 1.81. The minimum Gasteiger partial charge on any atom is -0.445 e. The van der Waals surface area contributed by atoms with Gasteiger partial charge in [-0.15, -0.1) is 0 Å². The van der Waals surface area contributed by atoms with E-state index in [4.69, 9.17) is 4.74 Å². The molecule has 1 aromatic carbocycles. The van der Waals surface area contributed by atoms with Crippen molar-refractivity contribution in [3.63, 3.8) is 0 Å². The van der Waals surface area contributed by atoms with Gasteiger partial charge in [-0.25, -0.2) is 9.78 Å². The van der Waals surface area contributed by atoms with Crippen LogP contribution in [0.4, 0.5) is 9.18 Å². The van der Waals surface area contributed by atoms with Crippen molar-refractivity contribution in [2.45, 2.75) is 20.0 Å². The SMILES string of the molecule is Cc1cc(F)ncc1C#CCCNC(=O)OCc1ccccc1. The topological polar surface area (TPSA) is 51.2 Å². The van der Waals surface area contributed by atoms with E-state index in [2.05, 4.69) is 22.1 Å². The number of alkyl carbamates (subject to hydrolysis) is 1. The van der Waals surface area contributed by atoms with Crippen molar-refractivity contribution in [3.05, 3.63) is 65.2 Å². The maximum Gasteiger partial charge on any atom is 0.407 e. The Bertz CT molecular complexity index is 721. The van der Waals surface area contributed by atoms with Gasteiger partial charge >= 0.3 is 6.09 Å². The van der Waals surface area contributed by atoms with Crippen LogP contribution in [0.3, 0.4) is 0 Å². The Hall–Kier alpha value is -2.87. The number of hydrogen-bond acceptors (Lipinski definition) is 3. The predicted octanol–water partition coefficient (Wildman–Crippen LogP) is 3.20. The minimum atomic E-state index is -0.518. The van der Waals surface area contributed by atoms with E-state index in [-0.39, 0.29) is 6.61 Å². The van der Waals surface area contributed by atoms with Gasteiger partial charge < -0.3 is 10.1 Å². The minimum absolute atomic E-state index is 0.235. The smallest absolute Gasteiger partial charge is 0.407 e. The number of aromatic nitrogens is 1. The summed E-state index contributed by atoms with van der Waals surface area (Å²) in [4.78, 5) is 15.1. The number of carbonyl (C=O) groups is 1. The fraction of sp³-hybridized carbons (Fsp3) is 0.222. The number of hydrogen-bond donors (Lipinski definition) is 1. The molecule has 0 aliphatic heterocycles. The van der Waals surface area contributed by atoms with E-state index in [9.17, 15) is 9.18 Å². The number of aryl methyl sites for hydroxylation is 1.